The van der Waals surface area contributed by atoms with E-state index in [9.17, 15) is 0 Å². The van der Waals surface area contributed by atoms with Gasteiger partial charge in [0.1, 0.15) is 0 Å². The van der Waals surface area contributed by atoms with Gasteiger partial charge in [-0.25, -0.2) is 0 Å². The standard InChI is InChI=1S/C30H29NS3/c1-16(2)11-21-17(3)33-25-15-26-22(14-23(21)25)20-7-9-31-27(29(20)34-26)19-12-18-8-10-32-28(18)24(13-19)30(4,5)6/h7-10,12-16H,11H2,1-6H3. The fraction of sp³-hybridized carbons (Fsp3) is 0.300. The van der Waals surface area contributed by atoms with Gasteiger partial charge in [-0.05, 0) is 88.4 Å². The maximum absolute atomic E-state index is 4.93. The van der Waals surface area contributed by atoms with Crippen LogP contribution in [0.1, 0.15) is 50.6 Å². The SMILES string of the molecule is Cc1sc2cc3sc4c(-c5cc(C(C)(C)C)c6sccc6c5)nccc4c3cc2c1CC(C)C. The van der Waals surface area contributed by atoms with Crippen LogP contribution in [0, 0.1) is 12.8 Å². The van der Waals surface area contributed by atoms with E-state index in [1.807, 2.05) is 40.2 Å². The summed E-state index contributed by atoms with van der Waals surface area (Å²) < 4.78 is 5.47. The summed E-state index contributed by atoms with van der Waals surface area (Å²) in [6, 6.07) is 14.0. The van der Waals surface area contributed by atoms with Gasteiger partial charge in [0, 0.05) is 41.5 Å². The first-order valence-electron chi connectivity index (χ1n) is 12.0. The second-order valence-corrected chi connectivity index (χ2v) is 14.1. The minimum Gasteiger partial charge on any atom is -0.255 e. The molecule has 0 radical (unpaired) electrons. The molecule has 172 valence electrons. The molecule has 0 unspecified atom stereocenters. The van der Waals surface area contributed by atoms with E-state index in [0.29, 0.717) is 5.92 Å². The van der Waals surface area contributed by atoms with Crippen molar-refractivity contribution in [2.75, 3.05) is 0 Å². The van der Waals surface area contributed by atoms with Crippen molar-refractivity contribution in [2.45, 2.75) is 53.4 Å². The maximum atomic E-state index is 4.93. The van der Waals surface area contributed by atoms with E-state index in [1.54, 1.807) is 0 Å². The van der Waals surface area contributed by atoms with E-state index >= 15 is 0 Å². The Morgan fingerprint density at radius 3 is 2.44 bits per heavy atom. The van der Waals surface area contributed by atoms with Crippen molar-refractivity contribution in [3.63, 3.8) is 0 Å². The van der Waals surface area contributed by atoms with Crippen molar-refractivity contribution >= 4 is 74.4 Å². The van der Waals surface area contributed by atoms with Crippen LogP contribution in [0.25, 0.3) is 51.6 Å². The van der Waals surface area contributed by atoms with E-state index < -0.39 is 0 Å². The van der Waals surface area contributed by atoms with Crippen LogP contribution >= 0.6 is 34.0 Å². The molecule has 4 aromatic heterocycles. The fourth-order valence-electron chi connectivity index (χ4n) is 5.11. The highest BCUT2D eigenvalue weighted by Crippen LogP contribution is 2.45. The third kappa shape index (κ3) is 3.50. The van der Waals surface area contributed by atoms with Gasteiger partial charge in [-0.3, -0.25) is 4.98 Å². The molecule has 0 N–H and O–H groups in total. The second kappa shape index (κ2) is 7.87. The number of nitrogens with zero attached hydrogens (tertiary/aromatic N) is 1. The highest BCUT2D eigenvalue weighted by Gasteiger charge is 2.21. The molecular weight excluding hydrogens is 471 g/mol. The molecular formula is C30H29NS3. The molecule has 0 aliphatic rings. The predicted molar refractivity (Wildman–Crippen MR) is 155 cm³/mol. The lowest BCUT2D eigenvalue weighted by molar-refractivity contribution is 0.597. The van der Waals surface area contributed by atoms with Crippen LogP contribution in [0.5, 0.6) is 0 Å². The lowest BCUT2D eigenvalue weighted by atomic mass is 9.85. The normalized spacial score (nSPS) is 12.8. The van der Waals surface area contributed by atoms with Gasteiger partial charge in [0.25, 0.3) is 0 Å². The van der Waals surface area contributed by atoms with Crippen molar-refractivity contribution in [3.05, 3.63) is 64.0 Å². The Balaban J connectivity index is 1.62. The molecule has 34 heavy (non-hydrogen) atoms. The molecule has 6 aromatic rings. The molecule has 0 saturated carbocycles. The first kappa shape index (κ1) is 22.2. The quantitative estimate of drug-likeness (QED) is 0.236. The summed E-state index contributed by atoms with van der Waals surface area (Å²) in [5, 5.41) is 7.67. The Morgan fingerprint density at radius 1 is 0.882 bits per heavy atom. The van der Waals surface area contributed by atoms with Gasteiger partial charge < -0.3 is 0 Å². The van der Waals surface area contributed by atoms with E-state index in [0.717, 1.165) is 12.1 Å². The Morgan fingerprint density at radius 2 is 1.68 bits per heavy atom. The molecule has 0 atom stereocenters. The third-order valence-electron chi connectivity index (χ3n) is 6.75. The summed E-state index contributed by atoms with van der Waals surface area (Å²) in [6.07, 6.45) is 3.14. The van der Waals surface area contributed by atoms with E-state index in [-0.39, 0.29) is 5.41 Å². The lowest BCUT2D eigenvalue weighted by Crippen LogP contribution is -2.11. The summed E-state index contributed by atoms with van der Waals surface area (Å²) >= 11 is 5.68. The number of rotatable bonds is 3. The van der Waals surface area contributed by atoms with E-state index in [1.165, 1.54) is 61.9 Å². The molecule has 0 fully saturated rings. The molecule has 6 rings (SSSR count). The van der Waals surface area contributed by atoms with Crippen molar-refractivity contribution in [1.82, 2.24) is 4.98 Å². The van der Waals surface area contributed by atoms with Gasteiger partial charge in [0.05, 0.1) is 10.4 Å². The molecule has 4 heteroatoms. The largest absolute Gasteiger partial charge is 0.255 e. The zero-order chi connectivity index (χ0) is 23.8. The number of fused-ring (bicyclic) bond motifs is 5. The number of aryl methyl sites for hydroxylation is 1. The summed E-state index contributed by atoms with van der Waals surface area (Å²) in [7, 11) is 0. The number of hydrogen-bond donors (Lipinski definition) is 0. The third-order valence-corrected chi connectivity index (χ3v) is 10.00. The highest BCUT2D eigenvalue weighted by molar-refractivity contribution is 7.27. The average Bonchev–Trinajstić information content (AvgIpc) is 3.46. The molecule has 0 aliphatic heterocycles. The molecule has 0 amide bonds. The van der Waals surface area contributed by atoms with Crippen LogP contribution in [0.15, 0.2) is 48.0 Å². The molecule has 4 heterocycles. The second-order valence-electron chi connectivity index (χ2n) is 10.8. The minimum absolute atomic E-state index is 0.0855. The first-order chi connectivity index (χ1) is 16.2. The number of thiophene rings is 3. The zero-order valence-corrected chi connectivity index (χ0v) is 23.0. The molecule has 2 aromatic carbocycles. The van der Waals surface area contributed by atoms with Crippen molar-refractivity contribution in [3.8, 4) is 11.3 Å². The Hall–Kier alpha value is -2.27. The van der Waals surface area contributed by atoms with Crippen molar-refractivity contribution < 1.29 is 0 Å². The van der Waals surface area contributed by atoms with Gasteiger partial charge in [-0.1, -0.05) is 34.6 Å². The van der Waals surface area contributed by atoms with Crippen LogP contribution in [0.3, 0.4) is 0 Å². The fourth-order valence-corrected chi connectivity index (χ4v) is 8.64. The lowest BCUT2D eigenvalue weighted by Gasteiger charge is -2.21. The summed E-state index contributed by atoms with van der Waals surface area (Å²) in [5.74, 6) is 0.659. The minimum atomic E-state index is 0.0855. The predicted octanol–water partition coefficient (Wildman–Crippen LogP) is 10.4. The molecule has 0 saturated heterocycles. The van der Waals surface area contributed by atoms with Gasteiger partial charge in [0.2, 0.25) is 0 Å². The van der Waals surface area contributed by atoms with Crippen molar-refractivity contribution in [1.29, 1.82) is 0 Å². The van der Waals surface area contributed by atoms with Crippen LogP contribution in [0.4, 0.5) is 0 Å². The monoisotopic (exact) mass is 499 g/mol. The Kier molecular flexibility index (Phi) is 5.14. The summed E-state index contributed by atoms with van der Waals surface area (Å²) in [6.45, 7) is 13.8. The number of aromatic nitrogens is 1. The van der Waals surface area contributed by atoms with Gasteiger partial charge in [0.15, 0.2) is 0 Å². The Labute approximate surface area is 213 Å². The van der Waals surface area contributed by atoms with E-state index in [2.05, 4.69) is 83.3 Å². The zero-order valence-electron chi connectivity index (χ0n) is 20.6. The maximum Gasteiger partial charge on any atom is 0.0880 e. The van der Waals surface area contributed by atoms with Crippen LogP contribution in [-0.2, 0) is 11.8 Å². The van der Waals surface area contributed by atoms with Gasteiger partial charge in [-0.15, -0.1) is 34.0 Å². The van der Waals surface area contributed by atoms with E-state index in [4.69, 9.17) is 4.98 Å². The van der Waals surface area contributed by atoms with Gasteiger partial charge in [-0.2, -0.15) is 0 Å². The topological polar surface area (TPSA) is 12.9 Å². The number of benzene rings is 2. The van der Waals surface area contributed by atoms with Crippen LogP contribution in [-0.4, -0.2) is 4.98 Å². The van der Waals surface area contributed by atoms with Gasteiger partial charge >= 0.3 is 0 Å². The first-order valence-corrected chi connectivity index (χ1v) is 14.5. The van der Waals surface area contributed by atoms with Crippen LogP contribution < -0.4 is 0 Å². The number of hydrogen-bond acceptors (Lipinski definition) is 4. The summed E-state index contributed by atoms with van der Waals surface area (Å²) in [5.41, 5.74) is 5.36. The number of pyridine rings is 1. The highest BCUT2D eigenvalue weighted by atomic mass is 32.1. The summed E-state index contributed by atoms with van der Waals surface area (Å²) in [4.78, 5) is 6.40. The molecule has 0 bridgehead atoms. The molecule has 0 spiro atoms. The molecule has 0 aliphatic carbocycles. The molecule has 1 nitrogen and oxygen atoms in total. The van der Waals surface area contributed by atoms with Crippen molar-refractivity contribution in [2.24, 2.45) is 5.92 Å². The smallest absolute Gasteiger partial charge is 0.0880 e. The Bertz CT molecular complexity index is 1700. The average molecular weight is 500 g/mol. The van der Waals surface area contributed by atoms with Crippen LogP contribution in [0.2, 0.25) is 0 Å².